The lowest BCUT2D eigenvalue weighted by Crippen LogP contribution is -2.29. The summed E-state index contributed by atoms with van der Waals surface area (Å²) in [5.74, 6) is 0. The number of hydrogen-bond acceptors (Lipinski definition) is 0. The summed E-state index contributed by atoms with van der Waals surface area (Å²) in [5.41, 5.74) is 5.02. The first kappa shape index (κ1) is 15.8. The predicted octanol–water partition coefficient (Wildman–Crippen LogP) is 5.68. The lowest BCUT2D eigenvalue weighted by atomic mass is 10.0. The van der Waals surface area contributed by atoms with Crippen molar-refractivity contribution in [3.8, 4) is 11.4 Å². The van der Waals surface area contributed by atoms with Gasteiger partial charge in [-0.05, 0) is 35.7 Å². The van der Waals surface area contributed by atoms with E-state index in [9.17, 15) is 0 Å². The Balaban J connectivity index is 1.74. The van der Waals surface area contributed by atoms with Crippen molar-refractivity contribution in [1.29, 1.82) is 0 Å². The fourth-order valence-corrected chi connectivity index (χ4v) is 4.03. The van der Waals surface area contributed by atoms with Crippen LogP contribution in [0, 0.1) is 13.8 Å². The van der Waals surface area contributed by atoms with Crippen LogP contribution in [0.25, 0.3) is 32.9 Å². The molecule has 0 aliphatic heterocycles. The molecule has 0 radical (unpaired) electrons. The molecule has 0 saturated carbocycles. The van der Waals surface area contributed by atoms with Crippen LogP contribution >= 0.6 is 0 Å². The highest BCUT2D eigenvalue weighted by Gasteiger charge is 2.17. The first-order chi connectivity index (χ1) is 13.2. The van der Waals surface area contributed by atoms with Gasteiger partial charge in [0.05, 0.1) is 0 Å². The van der Waals surface area contributed by atoms with Gasteiger partial charge in [0.1, 0.15) is 23.8 Å². The van der Waals surface area contributed by atoms with Crippen molar-refractivity contribution in [3.05, 3.63) is 103 Å². The fraction of sp³-hybridized carbons (Fsp3) is 0.0800. The van der Waals surface area contributed by atoms with Crippen LogP contribution in [0.15, 0.2) is 91.5 Å². The number of imidazole rings is 1. The van der Waals surface area contributed by atoms with Crippen LogP contribution < -0.4 is 4.57 Å². The zero-order chi connectivity index (χ0) is 18.4. The van der Waals surface area contributed by atoms with Gasteiger partial charge in [0.15, 0.2) is 0 Å². The maximum absolute atomic E-state index is 2.24. The third-order valence-electron chi connectivity index (χ3n) is 5.36. The highest BCUT2D eigenvalue weighted by Crippen LogP contribution is 2.26. The number of aromatic nitrogens is 2. The zero-order valence-electron chi connectivity index (χ0n) is 15.6. The van der Waals surface area contributed by atoms with Crippen LogP contribution in [0.5, 0.6) is 0 Å². The number of fused-ring (bicyclic) bond motifs is 2. The van der Waals surface area contributed by atoms with Gasteiger partial charge in [-0.1, -0.05) is 72.8 Å². The van der Waals surface area contributed by atoms with Gasteiger partial charge in [-0.15, -0.1) is 0 Å². The summed E-state index contributed by atoms with van der Waals surface area (Å²) in [6, 6.07) is 25.9. The van der Waals surface area contributed by atoms with Gasteiger partial charge in [-0.2, -0.15) is 0 Å². The minimum atomic E-state index is 1.24. The Morgan fingerprint density at radius 3 is 2.07 bits per heavy atom. The molecular weight excluding hydrogens is 328 g/mol. The summed E-state index contributed by atoms with van der Waals surface area (Å²) in [6.07, 6.45) is 6.48. The molecule has 0 N–H and O–H groups in total. The summed E-state index contributed by atoms with van der Waals surface area (Å²) < 4.78 is 4.47. The number of nitrogens with zero attached hydrogens (tertiary/aromatic N) is 2. The van der Waals surface area contributed by atoms with Gasteiger partial charge in [0.2, 0.25) is 0 Å². The van der Waals surface area contributed by atoms with E-state index >= 15 is 0 Å². The third-order valence-corrected chi connectivity index (χ3v) is 5.36. The summed E-state index contributed by atoms with van der Waals surface area (Å²) in [4.78, 5) is 0. The second-order valence-electron chi connectivity index (χ2n) is 7.13. The van der Waals surface area contributed by atoms with Crippen molar-refractivity contribution in [3.63, 3.8) is 0 Å². The predicted molar refractivity (Wildman–Crippen MR) is 112 cm³/mol. The Hall–Kier alpha value is -3.39. The van der Waals surface area contributed by atoms with Gasteiger partial charge in [0.25, 0.3) is 6.33 Å². The number of aryl methyl sites for hydroxylation is 2. The minimum Gasteiger partial charge on any atom is -0.201 e. The summed E-state index contributed by atoms with van der Waals surface area (Å²) >= 11 is 0. The maximum atomic E-state index is 2.24. The molecule has 0 aliphatic carbocycles. The second kappa shape index (κ2) is 6.10. The smallest absolute Gasteiger partial charge is 0.201 e. The molecule has 130 valence electrons. The van der Waals surface area contributed by atoms with Crippen molar-refractivity contribution in [2.75, 3.05) is 0 Å². The summed E-state index contributed by atoms with van der Waals surface area (Å²) in [5, 5.41) is 5.07. The number of benzene rings is 4. The fourth-order valence-electron chi connectivity index (χ4n) is 4.03. The molecule has 5 rings (SSSR count). The molecule has 0 fully saturated rings. The molecule has 1 heterocycles. The summed E-state index contributed by atoms with van der Waals surface area (Å²) in [7, 11) is 0. The van der Waals surface area contributed by atoms with Crippen LogP contribution in [-0.4, -0.2) is 4.57 Å². The van der Waals surface area contributed by atoms with Gasteiger partial charge < -0.3 is 0 Å². The first-order valence-corrected chi connectivity index (χ1v) is 9.29. The Morgan fingerprint density at radius 1 is 0.667 bits per heavy atom. The molecule has 0 saturated heterocycles. The largest absolute Gasteiger partial charge is 0.254 e. The van der Waals surface area contributed by atoms with Gasteiger partial charge in [-0.25, -0.2) is 9.13 Å². The third kappa shape index (κ3) is 2.53. The lowest BCUT2D eigenvalue weighted by Gasteiger charge is -2.08. The van der Waals surface area contributed by atoms with E-state index in [1.54, 1.807) is 0 Å². The van der Waals surface area contributed by atoms with Crippen molar-refractivity contribution in [2.45, 2.75) is 13.8 Å². The molecule has 0 bridgehead atoms. The quantitative estimate of drug-likeness (QED) is 0.363. The number of rotatable bonds is 2. The average molecular weight is 349 g/mol. The van der Waals surface area contributed by atoms with Crippen LogP contribution in [0.1, 0.15) is 11.1 Å². The first-order valence-electron chi connectivity index (χ1n) is 9.29. The van der Waals surface area contributed by atoms with Gasteiger partial charge in [0, 0.05) is 10.8 Å². The van der Waals surface area contributed by atoms with Crippen molar-refractivity contribution >= 4 is 21.5 Å². The Kier molecular flexibility index (Phi) is 3.58. The van der Waals surface area contributed by atoms with E-state index in [1.165, 1.54) is 44.0 Å². The molecule has 0 spiro atoms. The topological polar surface area (TPSA) is 8.81 Å². The van der Waals surface area contributed by atoms with E-state index in [2.05, 4.69) is 114 Å². The van der Waals surface area contributed by atoms with Crippen molar-refractivity contribution < 1.29 is 4.57 Å². The normalized spacial score (nSPS) is 11.3. The Bertz CT molecular complexity index is 1190. The standard InChI is InChI=1S/C25H21N2/c1-18-11-13-20-7-3-5-9-22(20)24(18)26-15-16-27(17-26)25-19(2)12-14-21-8-4-6-10-23(21)25/h3-17H,1-2H3/q+1. The highest BCUT2D eigenvalue weighted by atomic mass is 15.1. The molecule has 0 unspecified atom stereocenters. The molecule has 27 heavy (non-hydrogen) atoms. The van der Waals surface area contributed by atoms with E-state index in [4.69, 9.17) is 0 Å². The molecule has 0 amide bonds. The minimum absolute atomic E-state index is 1.24. The molecule has 4 aromatic carbocycles. The lowest BCUT2D eigenvalue weighted by molar-refractivity contribution is -0.593. The molecule has 1 aromatic heterocycles. The van der Waals surface area contributed by atoms with Crippen LogP contribution in [0.2, 0.25) is 0 Å². The molecule has 0 aliphatic rings. The van der Waals surface area contributed by atoms with E-state index in [0.29, 0.717) is 0 Å². The monoisotopic (exact) mass is 349 g/mol. The van der Waals surface area contributed by atoms with Gasteiger partial charge >= 0.3 is 0 Å². The number of hydrogen-bond donors (Lipinski definition) is 0. The second-order valence-corrected chi connectivity index (χ2v) is 7.13. The van der Waals surface area contributed by atoms with Crippen molar-refractivity contribution in [1.82, 2.24) is 4.57 Å². The maximum Gasteiger partial charge on any atom is 0.254 e. The highest BCUT2D eigenvalue weighted by molar-refractivity contribution is 5.92. The van der Waals surface area contributed by atoms with E-state index < -0.39 is 0 Å². The SMILES string of the molecule is Cc1ccc2ccccc2c1-n1cc[n+](-c2c(C)ccc3ccccc23)c1. The summed E-state index contributed by atoms with van der Waals surface area (Å²) in [6.45, 7) is 4.35. The van der Waals surface area contributed by atoms with Gasteiger partial charge in [-0.3, -0.25) is 0 Å². The molecule has 5 aromatic rings. The average Bonchev–Trinajstić information content (AvgIpc) is 3.16. The molecule has 2 heteroatoms. The van der Waals surface area contributed by atoms with E-state index in [1.807, 2.05) is 0 Å². The van der Waals surface area contributed by atoms with E-state index in [0.717, 1.165) is 0 Å². The molecule has 2 nitrogen and oxygen atoms in total. The molecular formula is C25H21N2+. The molecule has 0 atom stereocenters. The van der Waals surface area contributed by atoms with Crippen LogP contribution in [-0.2, 0) is 0 Å². The zero-order valence-corrected chi connectivity index (χ0v) is 15.6. The van der Waals surface area contributed by atoms with Crippen LogP contribution in [0.4, 0.5) is 0 Å². The Labute approximate surface area is 158 Å². The Morgan fingerprint density at radius 2 is 1.30 bits per heavy atom. The van der Waals surface area contributed by atoms with Crippen LogP contribution in [0.3, 0.4) is 0 Å². The van der Waals surface area contributed by atoms with Crippen molar-refractivity contribution in [2.24, 2.45) is 0 Å². The van der Waals surface area contributed by atoms with E-state index in [-0.39, 0.29) is 0 Å².